The van der Waals surface area contributed by atoms with Crippen molar-refractivity contribution < 1.29 is 18.0 Å². The van der Waals surface area contributed by atoms with E-state index >= 15 is 0 Å². The summed E-state index contributed by atoms with van der Waals surface area (Å²) in [6.45, 7) is 0.787. The van der Waals surface area contributed by atoms with E-state index in [0.717, 1.165) is 5.39 Å². The molecular weight excluding hydrogens is 468 g/mol. The number of likely N-dealkylation sites (tertiary alicyclic amines) is 1. The number of sulfonamides is 1. The summed E-state index contributed by atoms with van der Waals surface area (Å²) in [6.07, 6.45) is 4.78. The summed E-state index contributed by atoms with van der Waals surface area (Å²) in [6, 6.07) is 10.9. The Labute approximate surface area is 203 Å². The second kappa shape index (κ2) is 8.97. The van der Waals surface area contributed by atoms with E-state index in [1.807, 2.05) is 24.3 Å². The number of hydrogen-bond acceptors (Lipinski definition) is 6. The van der Waals surface area contributed by atoms with Crippen LogP contribution >= 0.6 is 0 Å². The number of fused-ring (bicyclic) bond motifs is 2. The summed E-state index contributed by atoms with van der Waals surface area (Å²) in [7, 11) is -2.45. The lowest BCUT2D eigenvalue weighted by molar-refractivity contribution is -0.129. The van der Waals surface area contributed by atoms with Crippen molar-refractivity contribution in [2.45, 2.75) is 42.8 Å². The number of rotatable bonds is 6. The highest BCUT2D eigenvalue weighted by molar-refractivity contribution is 7.89. The number of aromatic nitrogens is 2. The third-order valence-electron chi connectivity index (χ3n) is 7.10. The molecule has 2 aromatic carbocycles. The molecule has 0 spiro atoms. The average molecular weight is 497 g/mol. The first-order valence-electron chi connectivity index (χ1n) is 11.7. The Hall–Kier alpha value is -3.44. The van der Waals surface area contributed by atoms with Crippen molar-refractivity contribution in [2.24, 2.45) is 5.92 Å². The highest BCUT2D eigenvalue weighted by atomic mass is 32.2. The minimum Gasteiger partial charge on any atom is -0.369 e. The lowest BCUT2D eigenvalue weighted by Crippen LogP contribution is -2.45. The van der Waals surface area contributed by atoms with Crippen LogP contribution < -0.4 is 11.1 Å². The minimum absolute atomic E-state index is 0.215. The number of nitrogens with two attached hydrogens (primary N) is 1. The monoisotopic (exact) mass is 496 g/mol. The fraction of sp³-hybridized carbons (Fsp3) is 0.375. The minimum atomic E-state index is -3.92. The largest absolute Gasteiger partial charge is 0.369 e. The van der Waals surface area contributed by atoms with Crippen LogP contribution in [0.4, 0.5) is 10.7 Å². The highest BCUT2D eigenvalue weighted by Crippen LogP contribution is 2.42. The Kier molecular flexibility index (Phi) is 5.97. The molecule has 3 N–H and O–H groups in total. The van der Waals surface area contributed by atoms with E-state index in [4.69, 9.17) is 5.73 Å². The molecular formula is C24H28N6O4S. The van der Waals surface area contributed by atoms with Gasteiger partial charge in [-0.3, -0.25) is 9.69 Å². The number of nitrogens with zero attached hydrogens (tertiary/aromatic N) is 4. The van der Waals surface area contributed by atoms with Crippen LogP contribution in [-0.2, 0) is 21.4 Å². The maximum Gasteiger partial charge on any atom is 0.324 e. The maximum atomic E-state index is 14.0. The van der Waals surface area contributed by atoms with Gasteiger partial charge in [-0.15, -0.1) is 0 Å². The Balaban J connectivity index is 1.48. The van der Waals surface area contributed by atoms with Gasteiger partial charge in [0.15, 0.2) is 5.95 Å². The summed E-state index contributed by atoms with van der Waals surface area (Å²) < 4.78 is 31.1. The quantitative estimate of drug-likeness (QED) is 0.537. The third kappa shape index (κ3) is 3.84. The van der Waals surface area contributed by atoms with Crippen LogP contribution in [-0.4, -0.2) is 64.8 Å². The molecule has 3 atom stereocenters. The van der Waals surface area contributed by atoms with Crippen molar-refractivity contribution in [3.05, 3.63) is 54.9 Å². The molecule has 184 valence electrons. The molecule has 0 bridgehead atoms. The number of nitrogens with one attached hydrogen (secondary N) is 1. The van der Waals surface area contributed by atoms with Crippen molar-refractivity contribution in [3.8, 4) is 0 Å². The molecule has 0 radical (unpaired) electrons. The van der Waals surface area contributed by atoms with Gasteiger partial charge >= 0.3 is 6.03 Å². The normalized spacial score (nSPS) is 22.6. The third-order valence-corrected chi connectivity index (χ3v) is 9.06. The number of urea groups is 1. The van der Waals surface area contributed by atoms with E-state index in [-0.39, 0.29) is 17.3 Å². The topological polar surface area (TPSA) is 131 Å². The molecule has 3 heterocycles. The van der Waals surface area contributed by atoms with Crippen molar-refractivity contribution >= 4 is 38.7 Å². The first-order valence-corrected chi connectivity index (χ1v) is 13.1. The van der Waals surface area contributed by atoms with Gasteiger partial charge in [0.25, 0.3) is 0 Å². The number of aryl methyl sites for hydroxylation is 1. The zero-order chi connectivity index (χ0) is 24.7. The summed E-state index contributed by atoms with van der Waals surface area (Å²) in [5.41, 5.74) is 5.85. The Bertz CT molecular complexity index is 1380. The standard InChI is InChI=1S/C24H28N6O4S/c1-26-24(32)30-19-11-14-29(35(33,34)20-10-4-7-16-6-2-3-8-17(16)20)21(19)18(22(30)31)9-5-13-28-15-12-27-23(28)25/h2-4,6-8,10,12,15,18-19,21H,5,9,11,13-14H2,1H3,(H2,25,27)(H,26,32)/t18-,19+,21-/m1/s1. The molecule has 0 saturated carbocycles. The van der Waals surface area contributed by atoms with Crippen molar-refractivity contribution in [3.63, 3.8) is 0 Å². The zero-order valence-corrected chi connectivity index (χ0v) is 20.2. The second-order valence-electron chi connectivity index (χ2n) is 8.93. The molecule has 11 heteroatoms. The number of imide groups is 1. The summed E-state index contributed by atoms with van der Waals surface area (Å²) in [5.74, 6) is -0.585. The van der Waals surface area contributed by atoms with Gasteiger partial charge in [-0.1, -0.05) is 36.4 Å². The van der Waals surface area contributed by atoms with E-state index < -0.39 is 34.1 Å². The number of imidazole rings is 1. The number of carbonyl (C=O) groups excluding carboxylic acids is 2. The number of nitrogen functional groups attached to an aromatic ring is 1. The summed E-state index contributed by atoms with van der Waals surface area (Å²) >= 11 is 0. The van der Waals surface area contributed by atoms with Crippen LogP contribution in [0.25, 0.3) is 10.8 Å². The van der Waals surface area contributed by atoms with E-state index in [1.54, 1.807) is 35.2 Å². The van der Waals surface area contributed by atoms with Gasteiger partial charge in [0.2, 0.25) is 15.9 Å². The highest BCUT2D eigenvalue weighted by Gasteiger charge is 2.58. The van der Waals surface area contributed by atoms with E-state index in [2.05, 4.69) is 10.3 Å². The van der Waals surface area contributed by atoms with Gasteiger partial charge in [0, 0.05) is 37.9 Å². The molecule has 10 nitrogen and oxygen atoms in total. The molecule has 3 aromatic rings. The van der Waals surface area contributed by atoms with Crippen LogP contribution in [0.1, 0.15) is 19.3 Å². The maximum absolute atomic E-state index is 14.0. The fourth-order valence-electron chi connectivity index (χ4n) is 5.51. The van der Waals surface area contributed by atoms with Gasteiger partial charge in [-0.05, 0) is 30.7 Å². The SMILES string of the molecule is CNC(=O)N1C(=O)[C@H](CCCn2ccnc2N)[C@@H]2[C@@H]1CCN2S(=O)(=O)c1cccc2ccccc12. The average Bonchev–Trinajstić information content (AvgIpc) is 3.54. The molecule has 1 aromatic heterocycles. The number of amides is 3. The lowest BCUT2D eigenvalue weighted by atomic mass is 9.95. The number of carbonyl (C=O) groups is 2. The van der Waals surface area contributed by atoms with Crippen LogP contribution in [0.3, 0.4) is 0 Å². The molecule has 35 heavy (non-hydrogen) atoms. The molecule has 2 aliphatic heterocycles. The second-order valence-corrected chi connectivity index (χ2v) is 10.8. The number of benzene rings is 2. The molecule has 0 aliphatic carbocycles. The van der Waals surface area contributed by atoms with Crippen molar-refractivity contribution in [2.75, 3.05) is 19.3 Å². The van der Waals surface area contributed by atoms with Crippen LogP contribution in [0.15, 0.2) is 59.8 Å². The van der Waals surface area contributed by atoms with E-state index in [0.29, 0.717) is 37.1 Å². The predicted octanol–water partition coefficient (Wildman–Crippen LogP) is 2.03. The number of anilines is 1. The van der Waals surface area contributed by atoms with Gasteiger partial charge in [0.1, 0.15) is 0 Å². The van der Waals surface area contributed by atoms with Crippen molar-refractivity contribution in [1.82, 2.24) is 24.1 Å². The van der Waals surface area contributed by atoms with E-state index in [1.165, 1.54) is 16.3 Å². The molecule has 2 saturated heterocycles. The first-order chi connectivity index (χ1) is 16.8. The summed E-state index contributed by atoms with van der Waals surface area (Å²) in [4.78, 5) is 31.5. The van der Waals surface area contributed by atoms with Gasteiger partial charge < -0.3 is 15.6 Å². The molecule has 5 rings (SSSR count). The van der Waals surface area contributed by atoms with E-state index in [9.17, 15) is 18.0 Å². The zero-order valence-electron chi connectivity index (χ0n) is 19.4. The lowest BCUT2D eigenvalue weighted by Gasteiger charge is -2.27. The van der Waals surface area contributed by atoms with Crippen LogP contribution in [0, 0.1) is 5.92 Å². The van der Waals surface area contributed by atoms with Crippen molar-refractivity contribution in [1.29, 1.82) is 0 Å². The summed E-state index contributed by atoms with van der Waals surface area (Å²) in [5, 5.41) is 4.00. The van der Waals surface area contributed by atoms with Gasteiger partial charge in [0.05, 0.1) is 22.9 Å². The Morgan fingerprint density at radius 2 is 1.97 bits per heavy atom. The Morgan fingerprint density at radius 3 is 2.71 bits per heavy atom. The number of hydrogen-bond donors (Lipinski definition) is 2. The fourth-order valence-corrected chi connectivity index (χ4v) is 7.43. The predicted molar refractivity (Wildman–Crippen MR) is 131 cm³/mol. The van der Waals surface area contributed by atoms with Gasteiger partial charge in [-0.25, -0.2) is 18.2 Å². The molecule has 3 amide bonds. The van der Waals surface area contributed by atoms with Crippen LogP contribution in [0.5, 0.6) is 0 Å². The smallest absolute Gasteiger partial charge is 0.324 e. The molecule has 2 fully saturated rings. The first kappa shape index (κ1) is 23.3. The molecule has 0 unspecified atom stereocenters. The molecule has 2 aliphatic rings. The van der Waals surface area contributed by atoms with Crippen LogP contribution in [0.2, 0.25) is 0 Å². The Morgan fingerprint density at radius 1 is 1.20 bits per heavy atom. The van der Waals surface area contributed by atoms with Gasteiger partial charge in [-0.2, -0.15) is 4.31 Å².